The van der Waals surface area contributed by atoms with Crippen LogP contribution in [0.15, 0.2) is 35.7 Å². The molecule has 0 saturated carbocycles. The third kappa shape index (κ3) is 5.78. The molecule has 166 valence electrons. The van der Waals surface area contributed by atoms with Crippen molar-refractivity contribution in [2.24, 2.45) is 5.92 Å². The van der Waals surface area contributed by atoms with E-state index in [1.165, 1.54) is 19.1 Å². The van der Waals surface area contributed by atoms with Gasteiger partial charge in [-0.1, -0.05) is 6.92 Å². The molecule has 1 N–H and O–H groups in total. The van der Waals surface area contributed by atoms with Gasteiger partial charge in [0, 0.05) is 16.6 Å². The van der Waals surface area contributed by atoms with Gasteiger partial charge in [-0.25, -0.2) is 4.98 Å². The maximum atomic E-state index is 12.8. The van der Waals surface area contributed by atoms with E-state index in [2.05, 4.69) is 20.1 Å². The van der Waals surface area contributed by atoms with E-state index in [9.17, 15) is 26.7 Å². The summed E-state index contributed by atoms with van der Waals surface area (Å²) in [5.41, 5.74) is 0.447. The van der Waals surface area contributed by atoms with Crippen molar-refractivity contribution in [3.63, 3.8) is 0 Å². The van der Waals surface area contributed by atoms with E-state index < -0.39 is 30.3 Å². The molecule has 1 aromatic carbocycles. The van der Waals surface area contributed by atoms with Crippen LogP contribution in [-0.4, -0.2) is 27.3 Å². The number of nitrogens with zero attached hydrogens (tertiary/aromatic N) is 3. The molecule has 2 aromatic heterocycles. The van der Waals surface area contributed by atoms with Crippen molar-refractivity contribution in [3.05, 3.63) is 47.1 Å². The lowest BCUT2D eigenvalue weighted by molar-refractivity contribution is -0.141. The highest BCUT2D eigenvalue weighted by Crippen LogP contribution is 2.29. The standard InChI is InChI=1S/C19H17F5N4O2S/c1-10(8-28-11(2)7-15(27-28)19(22,23)24)16(29)26-18-25-14(9-31-18)12-3-5-13(6-4-12)30-17(20)21/h3-7,9-10,17H,8H2,1-2H3,(H,25,26,29). The Morgan fingerprint density at radius 3 is 2.52 bits per heavy atom. The fraction of sp³-hybridized carbons (Fsp3) is 0.316. The van der Waals surface area contributed by atoms with E-state index in [0.717, 1.165) is 22.1 Å². The van der Waals surface area contributed by atoms with E-state index in [1.54, 1.807) is 24.4 Å². The Balaban J connectivity index is 1.62. The second-order valence-corrected chi connectivity index (χ2v) is 7.54. The van der Waals surface area contributed by atoms with E-state index in [4.69, 9.17) is 0 Å². The molecule has 12 heteroatoms. The summed E-state index contributed by atoms with van der Waals surface area (Å²) in [7, 11) is 0. The lowest BCUT2D eigenvalue weighted by atomic mass is 10.1. The molecule has 0 fully saturated rings. The van der Waals surface area contributed by atoms with Crippen LogP contribution in [0.4, 0.5) is 27.1 Å². The lowest BCUT2D eigenvalue weighted by Crippen LogP contribution is -2.25. The molecule has 3 rings (SSSR count). The van der Waals surface area contributed by atoms with Crippen molar-refractivity contribution in [2.75, 3.05) is 5.32 Å². The predicted molar refractivity (Wildman–Crippen MR) is 104 cm³/mol. The van der Waals surface area contributed by atoms with Crippen LogP contribution in [0.1, 0.15) is 18.3 Å². The molecule has 0 aliphatic carbocycles. The number of rotatable bonds is 7. The number of halogens is 5. The van der Waals surface area contributed by atoms with Crippen LogP contribution in [-0.2, 0) is 17.5 Å². The minimum atomic E-state index is -4.55. The van der Waals surface area contributed by atoms with Crippen molar-refractivity contribution >= 4 is 22.4 Å². The van der Waals surface area contributed by atoms with Crippen molar-refractivity contribution in [1.29, 1.82) is 0 Å². The number of anilines is 1. The summed E-state index contributed by atoms with van der Waals surface area (Å²) in [5, 5.41) is 8.12. The van der Waals surface area contributed by atoms with Crippen molar-refractivity contribution in [2.45, 2.75) is 33.2 Å². The van der Waals surface area contributed by atoms with Gasteiger partial charge in [0.15, 0.2) is 10.8 Å². The van der Waals surface area contributed by atoms with E-state index >= 15 is 0 Å². The minimum Gasteiger partial charge on any atom is -0.435 e. The Morgan fingerprint density at radius 1 is 1.26 bits per heavy atom. The first-order valence-corrected chi connectivity index (χ1v) is 9.84. The van der Waals surface area contributed by atoms with Gasteiger partial charge in [-0.3, -0.25) is 9.48 Å². The Morgan fingerprint density at radius 2 is 1.94 bits per heavy atom. The third-order valence-corrected chi connectivity index (χ3v) is 5.03. The number of alkyl halides is 5. The summed E-state index contributed by atoms with van der Waals surface area (Å²) >= 11 is 1.16. The molecule has 1 amide bonds. The molecular weight excluding hydrogens is 443 g/mol. The fourth-order valence-corrected chi connectivity index (χ4v) is 3.40. The highest BCUT2D eigenvalue weighted by Gasteiger charge is 2.34. The third-order valence-electron chi connectivity index (χ3n) is 4.28. The van der Waals surface area contributed by atoms with E-state index in [-0.39, 0.29) is 12.3 Å². The van der Waals surface area contributed by atoms with Crippen LogP contribution in [0.25, 0.3) is 11.3 Å². The number of hydrogen-bond donors (Lipinski definition) is 1. The zero-order valence-corrected chi connectivity index (χ0v) is 17.1. The zero-order valence-electron chi connectivity index (χ0n) is 16.3. The van der Waals surface area contributed by atoms with Gasteiger partial charge in [-0.15, -0.1) is 11.3 Å². The second kappa shape index (κ2) is 9.00. The molecule has 3 aromatic rings. The highest BCUT2D eigenvalue weighted by atomic mass is 32.1. The Bertz CT molecular complexity index is 1050. The summed E-state index contributed by atoms with van der Waals surface area (Å²) in [4.78, 5) is 16.7. The number of hydrogen-bond acceptors (Lipinski definition) is 5. The number of carbonyl (C=O) groups is 1. The first kappa shape index (κ1) is 22.7. The number of benzene rings is 1. The molecule has 1 atom stereocenters. The molecule has 0 saturated heterocycles. The number of aromatic nitrogens is 3. The Hall–Kier alpha value is -3.02. The van der Waals surface area contributed by atoms with Gasteiger partial charge in [0.25, 0.3) is 0 Å². The van der Waals surface area contributed by atoms with Gasteiger partial charge in [0.05, 0.1) is 18.2 Å². The largest absolute Gasteiger partial charge is 0.435 e. The zero-order chi connectivity index (χ0) is 22.8. The SMILES string of the molecule is Cc1cc(C(F)(F)F)nn1CC(C)C(=O)Nc1nc(-c2ccc(OC(F)F)cc2)cs1. The molecule has 6 nitrogen and oxygen atoms in total. The van der Waals surface area contributed by atoms with Gasteiger partial charge < -0.3 is 10.1 Å². The van der Waals surface area contributed by atoms with Crippen LogP contribution < -0.4 is 10.1 Å². The minimum absolute atomic E-state index is 0.0129. The summed E-state index contributed by atoms with van der Waals surface area (Å²) in [6.07, 6.45) is -4.55. The van der Waals surface area contributed by atoms with Gasteiger partial charge >= 0.3 is 12.8 Å². The second-order valence-electron chi connectivity index (χ2n) is 6.68. The van der Waals surface area contributed by atoms with Crippen LogP contribution in [0, 0.1) is 12.8 Å². The highest BCUT2D eigenvalue weighted by molar-refractivity contribution is 7.14. The fourth-order valence-electron chi connectivity index (χ4n) is 2.68. The molecule has 31 heavy (non-hydrogen) atoms. The summed E-state index contributed by atoms with van der Waals surface area (Å²) in [5.74, 6) is -1.08. The number of aryl methyl sites for hydroxylation is 1. The van der Waals surface area contributed by atoms with Gasteiger partial charge in [0.2, 0.25) is 5.91 Å². The van der Waals surface area contributed by atoms with Crippen molar-refractivity contribution < 1.29 is 31.5 Å². The Labute approximate surface area is 177 Å². The number of ether oxygens (including phenoxy) is 1. The average Bonchev–Trinajstić information content (AvgIpc) is 3.29. The number of carbonyl (C=O) groups excluding carboxylic acids is 1. The van der Waals surface area contributed by atoms with E-state index in [1.807, 2.05) is 0 Å². The number of thiazole rings is 1. The molecule has 0 radical (unpaired) electrons. The molecular formula is C19H17F5N4O2S. The average molecular weight is 460 g/mol. The predicted octanol–water partition coefficient (Wildman–Crippen LogP) is 5.21. The maximum absolute atomic E-state index is 12.8. The quantitative estimate of drug-likeness (QED) is 0.492. The monoisotopic (exact) mass is 460 g/mol. The molecule has 1 unspecified atom stereocenters. The van der Waals surface area contributed by atoms with Crippen molar-refractivity contribution in [1.82, 2.24) is 14.8 Å². The maximum Gasteiger partial charge on any atom is 0.435 e. The van der Waals surface area contributed by atoms with Crippen LogP contribution in [0.3, 0.4) is 0 Å². The Kier molecular flexibility index (Phi) is 6.58. The van der Waals surface area contributed by atoms with Crippen LogP contribution in [0.5, 0.6) is 5.75 Å². The number of nitrogens with one attached hydrogen (secondary N) is 1. The molecule has 2 heterocycles. The molecule has 0 aliphatic rings. The number of amides is 1. The molecule has 0 aliphatic heterocycles. The van der Waals surface area contributed by atoms with Crippen LogP contribution in [0.2, 0.25) is 0 Å². The first-order chi connectivity index (χ1) is 14.5. The normalized spacial score (nSPS) is 12.8. The first-order valence-electron chi connectivity index (χ1n) is 8.96. The van der Waals surface area contributed by atoms with E-state index in [0.29, 0.717) is 22.1 Å². The molecule has 0 bridgehead atoms. The topological polar surface area (TPSA) is 69.0 Å². The summed E-state index contributed by atoms with van der Waals surface area (Å²) < 4.78 is 68.2. The van der Waals surface area contributed by atoms with Gasteiger partial charge in [-0.2, -0.15) is 27.1 Å². The smallest absolute Gasteiger partial charge is 0.435 e. The van der Waals surface area contributed by atoms with Crippen molar-refractivity contribution in [3.8, 4) is 17.0 Å². The van der Waals surface area contributed by atoms with Gasteiger partial charge in [0.1, 0.15) is 5.75 Å². The summed E-state index contributed by atoms with van der Waals surface area (Å²) in [6.45, 7) is 0.106. The summed E-state index contributed by atoms with van der Waals surface area (Å²) in [6, 6.07) is 6.79. The lowest BCUT2D eigenvalue weighted by Gasteiger charge is -2.12. The molecule has 0 spiro atoms. The van der Waals surface area contributed by atoms with Crippen LogP contribution >= 0.6 is 11.3 Å². The van der Waals surface area contributed by atoms with Gasteiger partial charge in [-0.05, 0) is 37.3 Å².